The maximum Gasteiger partial charge on any atom is 0.328 e. The van der Waals surface area contributed by atoms with Gasteiger partial charge in [0.1, 0.15) is 12.6 Å². The lowest BCUT2D eigenvalue weighted by Crippen LogP contribution is -2.45. The molecule has 1 saturated heterocycles. The third kappa shape index (κ3) is 4.26. The second-order valence-corrected chi connectivity index (χ2v) is 4.57. The Labute approximate surface area is 104 Å². The van der Waals surface area contributed by atoms with Crippen molar-refractivity contribution in [1.82, 2.24) is 10.2 Å². The zero-order valence-corrected chi connectivity index (χ0v) is 10.7. The Morgan fingerprint density at radius 1 is 1.59 bits per heavy atom. The second kappa shape index (κ2) is 6.48. The predicted molar refractivity (Wildman–Crippen MR) is 63.3 cm³/mol. The van der Waals surface area contributed by atoms with Gasteiger partial charge in [0.25, 0.3) is 0 Å². The SMILES string of the molecule is CCOC(=O)C(C)NC(=O)CN1CSCC1=O. The average molecular weight is 260 g/mol. The summed E-state index contributed by atoms with van der Waals surface area (Å²) < 4.78 is 4.76. The summed E-state index contributed by atoms with van der Waals surface area (Å²) in [5, 5.41) is 2.50. The van der Waals surface area contributed by atoms with Crippen molar-refractivity contribution in [3.05, 3.63) is 0 Å². The second-order valence-electron chi connectivity index (χ2n) is 3.61. The number of amides is 2. The molecule has 1 aliphatic heterocycles. The first kappa shape index (κ1) is 13.8. The number of hydrogen-bond donors (Lipinski definition) is 1. The maximum atomic E-state index is 11.5. The first-order valence-electron chi connectivity index (χ1n) is 5.36. The van der Waals surface area contributed by atoms with Gasteiger partial charge in [0, 0.05) is 0 Å². The van der Waals surface area contributed by atoms with Gasteiger partial charge < -0.3 is 15.0 Å². The van der Waals surface area contributed by atoms with Gasteiger partial charge in [-0.3, -0.25) is 9.59 Å². The van der Waals surface area contributed by atoms with Crippen molar-refractivity contribution in [2.24, 2.45) is 0 Å². The number of esters is 1. The number of nitrogens with one attached hydrogen (secondary N) is 1. The van der Waals surface area contributed by atoms with Crippen LogP contribution in [0.4, 0.5) is 0 Å². The molecule has 2 amide bonds. The fraction of sp³-hybridized carbons (Fsp3) is 0.700. The van der Waals surface area contributed by atoms with Gasteiger partial charge in [-0.15, -0.1) is 11.8 Å². The van der Waals surface area contributed by atoms with Crippen molar-refractivity contribution < 1.29 is 19.1 Å². The molecule has 0 aromatic rings. The lowest BCUT2D eigenvalue weighted by molar-refractivity contribution is -0.147. The number of hydrogen-bond acceptors (Lipinski definition) is 5. The normalized spacial score (nSPS) is 16.8. The van der Waals surface area contributed by atoms with Gasteiger partial charge in [-0.25, -0.2) is 4.79 Å². The van der Waals surface area contributed by atoms with Crippen LogP contribution >= 0.6 is 11.8 Å². The van der Waals surface area contributed by atoms with E-state index in [-0.39, 0.29) is 25.0 Å². The number of carbonyl (C=O) groups is 3. The van der Waals surface area contributed by atoms with E-state index in [1.807, 2.05) is 0 Å². The van der Waals surface area contributed by atoms with Gasteiger partial charge in [0.2, 0.25) is 11.8 Å². The molecule has 1 heterocycles. The first-order chi connectivity index (χ1) is 8.04. The van der Waals surface area contributed by atoms with E-state index < -0.39 is 12.0 Å². The Kier molecular flexibility index (Phi) is 5.27. The largest absolute Gasteiger partial charge is 0.464 e. The maximum absolute atomic E-state index is 11.5. The van der Waals surface area contributed by atoms with Crippen molar-refractivity contribution in [2.45, 2.75) is 19.9 Å². The van der Waals surface area contributed by atoms with Crippen LogP contribution in [-0.4, -0.2) is 53.5 Å². The van der Waals surface area contributed by atoms with Crippen molar-refractivity contribution in [1.29, 1.82) is 0 Å². The molecule has 1 rings (SSSR count). The Balaban J connectivity index is 2.33. The fourth-order valence-corrected chi connectivity index (χ4v) is 2.23. The zero-order valence-electron chi connectivity index (χ0n) is 9.89. The van der Waals surface area contributed by atoms with Gasteiger partial charge in [0.15, 0.2) is 0 Å². The van der Waals surface area contributed by atoms with E-state index in [1.54, 1.807) is 13.8 Å². The van der Waals surface area contributed by atoms with Crippen LogP contribution in [0.3, 0.4) is 0 Å². The molecule has 0 spiro atoms. The molecule has 0 saturated carbocycles. The van der Waals surface area contributed by atoms with E-state index in [0.29, 0.717) is 11.6 Å². The summed E-state index contributed by atoms with van der Waals surface area (Å²) in [7, 11) is 0. The van der Waals surface area contributed by atoms with Crippen LogP contribution < -0.4 is 5.32 Å². The quantitative estimate of drug-likeness (QED) is 0.680. The fourth-order valence-electron chi connectivity index (χ4n) is 1.33. The van der Waals surface area contributed by atoms with E-state index in [2.05, 4.69) is 5.32 Å². The smallest absolute Gasteiger partial charge is 0.328 e. The lowest BCUT2D eigenvalue weighted by atomic mass is 10.3. The van der Waals surface area contributed by atoms with E-state index in [9.17, 15) is 14.4 Å². The van der Waals surface area contributed by atoms with Crippen LogP contribution in [0.2, 0.25) is 0 Å². The average Bonchev–Trinajstić information content (AvgIpc) is 2.64. The summed E-state index contributed by atoms with van der Waals surface area (Å²) in [6.45, 7) is 3.53. The molecule has 1 unspecified atom stereocenters. The van der Waals surface area contributed by atoms with E-state index in [0.717, 1.165) is 0 Å². The van der Waals surface area contributed by atoms with Crippen molar-refractivity contribution in [3.63, 3.8) is 0 Å². The Morgan fingerprint density at radius 3 is 2.82 bits per heavy atom. The zero-order chi connectivity index (χ0) is 12.8. The molecular weight excluding hydrogens is 244 g/mol. The Bertz CT molecular complexity index is 321. The Hall–Kier alpha value is -1.24. The van der Waals surface area contributed by atoms with Crippen molar-refractivity contribution in [2.75, 3.05) is 24.8 Å². The standard InChI is InChI=1S/C10H16N2O4S/c1-3-16-10(15)7(2)11-8(13)4-12-6-17-5-9(12)14/h7H,3-6H2,1-2H3,(H,11,13). The topological polar surface area (TPSA) is 75.7 Å². The van der Waals surface area contributed by atoms with Crippen LogP contribution in [0.5, 0.6) is 0 Å². The number of nitrogens with zero attached hydrogens (tertiary/aromatic N) is 1. The molecule has 0 radical (unpaired) electrons. The van der Waals surface area contributed by atoms with Crippen LogP contribution in [0.15, 0.2) is 0 Å². The molecular formula is C10H16N2O4S. The van der Waals surface area contributed by atoms with Gasteiger partial charge in [0.05, 0.1) is 18.2 Å². The van der Waals surface area contributed by atoms with Crippen LogP contribution in [-0.2, 0) is 19.1 Å². The molecule has 1 fully saturated rings. The summed E-state index contributed by atoms with van der Waals surface area (Å²) in [6, 6.07) is -0.687. The highest BCUT2D eigenvalue weighted by Crippen LogP contribution is 2.13. The molecule has 1 atom stereocenters. The van der Waals surface area contributed by atoms with E-state index >= 15 is 0 Å². The number of rotatable bonds is 5. The van der Waals surface area contributed by atoms with Gasteiger partial charge in [-0.1, -0.05) is 0 Å². The van der Waals surface area contributed by atoms with Gasteiger partial charge >= 0.3 is 5.97 Å². The minimum Gasteiger partial charge on any atom is -0.464 e. The van der Waals surface area contributed by atoms with Crippen molar-refractivity contribution in [3.8, 4) is 0 Å². The molecule has 0 aliphatic carbocycles. The number of carbonyl (C=O) groups excluding carboxylic acids is 3. The van der Waals surface area contributed by atoms with Gasteiger partial charge in [-0.2, -0.15) is 0 Å². The summed E-state index contributed by atoms with van der Waals surface area (Å²) in [5.41, 5.74) is 0. The van der Waals surface area contributed by atoms with Crippen LogP contribution in [0, 0.1) is 0 Å². The minimum absolute atomic E-state index is 0.00439. The molecule has 1 aliphatic rings. The summed E-state index contributed by atoms with van der Waals surface area (Å²) in [6.07, 6.45) is 0. The molecule has 96 valence electrons. The predicted octanol–water partition coefficient (Wildman–Crippen LogP) is -0.413. The van der Waals surface area contributed by atoms with E-state index in [4.69, 9.17) is 4.74 Å². The minimum atomic E-state index is -0.687. The van der Waals surface area contributed by atoms with Gasteiger partial charge in [-0.05, 0) is 13.8 Å². The summed E-state index contributed by atoms with van der Waals surface area (Å²) in [5.74, 6) is 0.0825. The highest BCUT2D eigenvalue weighted by atomic mass is 32.2. The molecule has 7 heteroatoms. The highest BCUT2D eigenvalue weighted by Gasteiger charge is 2.24. The van der Waals surface area contributed by atoms with E-state index in [1.165, 1.54) is 16.7 Å². The first-order valence-corrected chi connectivity index (χ1v) is 6.51. The number of thioether (sulfide) groups is 1. The highest BCUT2D eigenvalue weighted by molar-refractivity contribution is 8.00. The lowest BCUT2D eigenvalue weighted by Gasteiger charge is -2.16. The molecule has 6 nitrogen and oxygen atoms in total. The molecule has 17 heavy (non-hydrogen) atoms. The molecule has 0 aromatic carbocycles. The van der Waals surface area contributed by atoms with Crippen LogP contribution in [0.25, 0.3) is 0 Å². The molecule has 0 aromatic heterocycles. The third-order valence-corrected chi connectivity index (χ3v) is 3.12. The number of ether oxygens (including phenoxy) is 1. The molecule has 0 bridgehead atoms. The molecule has 1 N–H and O–H groups in total. The summed E-state index contributed by atoms with van der Waals surface area (Å²) in [4.78, 5) is 35.5. The third-order valence-electron chi connectivity index (χ3n) is 2.18. The summed E-state index contributed by atoms with van der Waals surface area (Å²) >= 11 is 1.47. The van der Waals surface area contributed by atoms with Crippen molar-refractivity contribution >= 4 is 29.5 Å². The van der Waals surface area contributed by atoms with Crippen LogP contribution in [0.1, 0.15) is 13.8 Å². The monoisotopic (exact) mass is 260 g/mol. The Morgan fingerprint density at radius 2 is 2.29 bits per heavy atom.